The lowest BCUT2D eigenvalue weighted by molar-refractivity contribution is -0.144. The van der Waals surface area contributed by atoms with Gasteiger partial charge in [-0.05, 0) is 25.7 Å². The number of halogens is 1. The van der Waals surface area contributed by atoms with Gasteiger partial charge in [0, 0.05) is 19.6 Å². The topological polar surface area (TPSA) is 66.6 Å². The van der Waals surface area contributed by atoms with Gasteiger partial charge >= 0.3 is 5.97 Å². The molecular weight excluding hydrogens is 246 g/mol. The van der Waals surface area contributed by atoms with Crippen LogP contribution in [-0.2, 0) is 4.79 Å². The highest BCUT2D eigenvalue weighted by Crippen LogP contribution is 2.20. The summed E-state index contributed by atoms with van der Waals surface area (Å²) in [6, 6.07) is 0. The molecule has 4 nitrogen and oxygen atoms in total. The fourth-order valence-electron chi connectivity index (χ4n) is 2.51. The quantitative estimate of drug-likeness (QED) is 0.507. The van der Waals surface area contributed by atoms with E-state index >= 15 is 0 Å². The Morgan fingerprint density at radius 1 is 1.37 bits per heavy atom. The molecule has 0 spiro atoms. The number of likely N-dealkylation sites (tertiary alicyclic amines) is 1. The van der Waals surface area contributed by atoms with Crippen LogP contribution in [0.1, 0.15) is 38.5 Å². The minimum Gasteiger partial charge on any atom is -0.480 e. The highest BCUT2D eigenvalue weighted by atomic mass is 19.1. The average Bonchev–Trinajstić information content (AvgIpc) is 2.38. The van der Waals surface area contributed by atoms with E-state index in [1.54, 1.807) is 0 Å². The lowest BCUT2D eigenvalue weighted by Gasteiger charge is -2.32. The molecule has 1 aliphatic rings. The fourth-order valence-corrected chi connectivity index (χ4v) is 2.51. The molecule has 0 amide bonds. The molecule has 6 heteroatoms. The molecule has 0 aliphatic carbocycles. The fraction of sp³-hybridized carbons (Fsp3) is 0.923. The summed E-state index contributed by atoms with van der Waals surface area (Å²) in [6.45, 7) is 2.08. The van der Waals surface area contributed by atoms with Gasteiger partial charge in [0.15, 0.2) is 0 Å². The van der Waals surface area contributed by atoms with Crippen LogP contribution in [0.3, 0.4) is 0 Å². The molecule has 0 radical (unpaired) electrons. The second kappa shape index (κ2) is 7.85. The zero-order valence-corrected chi connectivity index (χ0v) is 11.9. The van der Waals surface area contributed by atoms with Gasteiger partial charge in [-0.1, -0.05) is 19.2 Å². The number of alkyl halides is 1. The molecule has 1 fully saturated rings. The number of carboxylic acids is 1. The number of carbonyl (C=O) groups is 1. The van der Waals surface area contributed by atoms with Crippen LogP contribution in [0.5, 0.6) is 0 Å². The second-order valence-corrected chi connectivity index (χ2v) is 5.68. The molecule has 0 aromatic carbocycles. The molecule has 1 heterocycles. The summed E-state index contributed by atoms with van der Waals surface area (Å²) in [5, 5.41) is 9.30. The molecule has 3 N–H and O–H groups in total. The van der Waals surface area contributed by atoms with Gasteiger partial charge < -0.3 is 15.7 Å². The number of nitrogens with two attached hydrogens (primary N) is 1. The van der Waals surface area contributed by atoms with Crippen LogP contribution in [-0.4, -0.2) is 55.2 Å². The van der Waals surface area contributed by atoms with Crippen molar-refractivity contribution < 1.29 is 14.3 Å². The molecule has 1 unspecified atom stereocenters. The average molecular weight is 272 g/mol. The van der Waals surface area contributed by atoms with Gasteiger partial charge in [0.05, 0.1) is 0 Å². The third kappa shape index (κ3) is 5.49. The minimum atomic E-state index is -1.12. The Balaban J connectivity index is 2.38. The van der Waals surface area contributed by atoms with E-state index in [1.165, 1.54) is 0 Å². The van der Waals surface area contributed by atoms with Gasteiger partial charge in [-0.2, -0.15) is 0 Å². The lowest BCUT2D eigenvalue weighted by atomic mass is 9.87. The molecule has 0 saturated carbocycles. The van der Waals surface area contributed by atoms with E-state index in [2.05, 4.69) is 12.7 Å². The first-order valence-corrected chi connectivity index (χ1v) is 7.36. The summed E-state index contributed by atoms with van der Waals surface area (Å²) in [5.41, 5.74) is 4.90. The van der Waals surface area contributed by atoms with Crippen LogP contribution in [0.2, 0.25) is 6.32 Å². The Labute approximate surface area is 115 Å². The third-order valence-electron chi connectivity index (χ3n) is 4.04. The van der Waals surface area contributed by atoms with Crippen molar-refractivity contribution in [1.29, 1.82) is 0 Å². The van der Waals surface area contributed by atoms with E-state index in [9.17, 15) is 14.3 Å². The van der Waals surface area contributed by atoms with Crippen LogP contribution in [0.4, 0.5) is 4.39 Å². The number of unbranched alkanes of at least 4 members (excludes halogenated alkanes) is 1. The van der Waals surface area contributed by atoms with Gasteiger partial charge in [0.2, 0.25) is 0 Å². The minimum absolute atomic E-state index is 0.447. The summed E-state index contributed by atoms with van der Waals surface area (Å²) < 4.78 is 13.0. The predicted molar refractivity (Wildman–Crippen MR) is 76.9 cm³/mol. The van der Waals surface area contributed by atoms with Gasteiger partial charge in [-0.3, -0.25) is 4.79 Å². The van der Waals surface area contributed by atoms with Crippen molar-refractivity contribution in [2.45, 2.75) is 56.6 Å². The van der Waals surface area contributed by atoms with Crippen molar-refractivity contribution in [3.63, 3.8) is 0 Å². The first-order valence-electron chi connectivity index (χ1n) is 7.36. The van der Waals surface area contributed by atoms with E-state index in [4.69, 9.17) is 5.73 Å². The van der Waals surface area contributed by atoms with Crippen LogP contribution in [0.25, 0.3) is 0 Å². The van der Waals surface area contributed by atoms with E-state index in [0.717, 1.165) is 19.2 Å². The van der Waals surface area contributed by atoms with E-state index in [0.29, 0.717) is 45.3 Å². The van der Waals surface area contributed by atoms with Gasteiger partial charge in [-0.25, -0.2) is 4.39 Å². The summed E-state index contributed by atoms with van der Waals surface area (Å²) in [4.78, 5) is 13.5. The maximum Gasteiger partial charge on any atom is 0.323 e. The van der Waals surface area contributed by atoms with Gasteiger partial charge in [0.25, 0.3) is 0 Å². The van der Waals surface area contributed by atoms with Crippen molar-refractivity contribution in [3.8, 4) is 0 Å². The van der Waals surface area contributed by atoms with Crippen LogP contribution in [0.15, 0.2) is 0 Å². The van der Waals surface area contributed by atoms with E-state index in [1.807, 2.05) is 0 Å². The molecule has 1 rings (SSSR count). The number of hydrogen-bond acceptors (Lipinski definition) is 3. The molecule has 0 aromatic heterocycles. The monoisotopic (exact) mass is 272 g/mol. The van der Waals surface area contributed by atoms with Crippen molar-refractivity contribution >= 4 is 13.8 Å². The number of piperidine rings is 1. The number of rotatable bonds is 8. The largest absolute Gasteiger partial charge is 0.480 e. The Hall–Kier alpha value is -0.615. The van der Waals surface area contributed by atoms with Gasteiger partial charge in [-0.15, -0.1) is 0 Å². The number of aliphatic carboxylic acids is 1. The first kappa shape index (κ1) is 16.4. The normalized spacial score (nSPS) is 21.2. The smallest absolute Gasteiger partial charge is 0.323 e. The summed E-state index contributed by atoms with van der Waals surface area (Å²) in [7, 11) is 2.08. The second-order valence-electron chi connectivity index (χ2n) is 5.68. The van der Waals surface area contributed by atoms with Crippen LogP contribution in [0, 0.1) is 0 Å². The van der Waals surface area contributed by atoms with E-state index in [-0.39, 0.29) is 0 Å². The molecule has 19 heavy (non-hydrogen) atoms. The third-order valence-corrected chi connectivity index (χ3v) is 4.04. The summed E-state index contributed by atoms with van der Waals surface area (Å²) in [5.74, 6) is -0.913. The molecule has 1 atom stereocenters. The first-order chi connectivity index (χ1) is 8.98. The number of nitrogens with zero attached hydrogens (tertiary/aromatic N) is 1. The molecule has 110 valence electrons. The predicted octanol–water partition coefficient (Wildman–Crippen LogP) is 0.814. The number of carboxylic acid groups (broad SMARTS) is 1. The lowest BCUT2D eigenvalue weighted by Crippen LogP contribution is -2.50. The summed E-state index contributed by atoms with van der Waals surface area (Å²) >= 11 is 0. The van der Waals surface area contributed by atoms with Crippen molar-refractivity contribution in [2.75, 3.05) is 19.6 Å². The SMILES string of the molecule is BCCCCC(N)(CCN1CCC(F)CC1)C(=O)O. The molecule has 0 bridgehead atoms. The van der Waals surface area contributed by atoms with Crippen molar-refractivity contribution in [2.24, 2.45) is 5.73 Å². The number of hydrogen-bond donors (Lipinski definition) is 2. The van der Waals surface area contributed by atoms with Crippen LogP contribution < -0.4 is 5.73 Å². The molecular formula is C13H26BFN2O2. The van der Waals surface area contributed by atoms with Crippen LogP contribution >= 0.6 is 0 Å². The molecule has 1 saturated heterocycles. The maximum atomic E-state index is 13.0. The highest BCUT2D eigenvalue weighted by Gasteiger charge is 2.33. The Morgan fingerprint density at radius 2 is 2.00 bits per heavy atom. The van der Waals surface area contributed by atoms with E-state index < -0.39 is 17.7 Å². The van der Waals surface area contributed by atoms with Crippen molar-refractivity contribution in [3.05, 3.63) is 0 Å². The zero-order chi connectivity index (χ0) is 14.3. The standard InChI is InChI=1S/C13H26BFN2O2/c14-7-2-1-5-13(16,12(18)19)6-10-17-8-3-11(15)4-9-17/h11H,1-10,14,16H2,(H,18,19). The van der Waals surface area contributed by atoms with Gasteiger partial charge in [0.1, 0.15) is 19.6 Å². The Kier molecular flexibility index (Phi) is 6.79. The Morgan fingerprint density at radius 3 is 2.53 bits per heavy atom. The van der Waals surface area contributed by atoms with Crippen molar-refractivity contribution in [1.82, 2.24) is 4.90 Å². The summed E-state index contributed by atoms with van der Waals surface area (Å²) in [6.07, 6.45) is 4.31. The molecule has 1 aliphatic heterocycles. The zero-order valence-electron chi connectivity index (χ0n) is 11.9. The Bertz CT molecular complexity index is 286. The maximum absolute atomic E-state index is 13.0. The molecule has 0 aromatic rings. The highest BCUT2D eigenvalue weighted by molar-refractivity contribution is 6.08.